The molecule has 1 atom stereocenters. The molecule has 12 heavy (non-hydrogen) atoms. The van der Waals surface area contributed by atoms with Gasteiger partial charge in [0.1, 0.15) is 0 Å². The fourth-order valence-electron chi connectivity index (χ4n) is 1.06. The third-order valence-corrected chi connectivity index (χ3v) is 5.38. The summed E-state index contributed by atoms with van der Waals surface area (Å²) in [7, 11) is 4.10. The molecule has 0 aliphatic rings. The van der Waals surface area contributed by atoms with Gasteiger partial charge in [0.15, 0.2) is 0 Å². The van der Waals surface area contributed by atoms with Gasteiger partial charge in [0, 0.05) is 6.04 Å². The van der Waals surface area contributed by atoms with Gasteiger partial charge in [-0.3, -0.25) is 4.98 Å². The molecule has 0 heterocycles. The van der Waals surface area contributed by atoms with E-state index in [0.717, 1.165) is 6.42 Å². The summed E-state index contributed by atoms with van der Waals surface area (Å²) >= 11 is 0. The van der Waals surface area contributed by atoms with E-state index in [1.807, 2.05) is 21.1 Å². The average molecular weight is 190 g/mol. The van der Waals surface area contributed by atoms with Crippen LogP contribution in [0.25, 0.3) is 0 Å². The van der Waals surface area contributed by atoms with Gasteiger partial charge in [-0.2, -0.15) is 0 Å². The van der Waals surface area contributed by atoms with Gasteiger partial charge >= 0.3 is 8.72 Å². The molecule has 0 saturated carbocycles. The van der Waals surface area contributed by atoms with Crippen molar-refractivity contribution in [3.63, 3.8) is 0 Å². The second kappa shape index (κ2) is 5.66. The van der Waals surface area contributed by atoms with Crippen molar-refractivity contribution in [2.75, 3.05) is 21.1 Å². The molecule has 0 aliphatic heterocycles. The highest BCUT2D eigenvalue weighted by Gasteiger charge is 2.30. The third-order valence-electron chi connectivity index (χ3n) is 2.20. The lowest BCUT2D eigenvalue weighted by Gasteiger charge is -2.32. The number of hydrogen-bond donors (Lipinski definition) is 4. The van der Waals surface area contributed by atoms with Crippen molar-refractivity contribution in [3.05, 3.63) is 0 Å². The van der Waals surface area contributed by atoms with E-state index in [-0.39, 0.29) is 0 Å². The van der Waals surface area contributed by atoms with E-state index in [1.54, 1.807) is 0 Å². The summed E-state index contributed by atoms with van der Waals surface area (Å²) in [6.45, 7) is 4.37. The monoisotopic (exact) mass is 190 g/mol. The molecule has 0 rings (SSSR count). The molecule has 5 heteroatoms. The van der Waals surface area contributed by atoms with Crippen molar-refractivity contribution < 1.29 is 0 Å². The molecule has 0 aromatic carbocycles. The SMILES string of the molecule is CCC(C)N[Si](NC)(NC)NC. The number of rotatable bonds is 6. The molecule has 0 spiro atoms. The molecular formula is C7H22N4Si. The van der Waals surface area contributed by atoms with Crippen LogP contribution >= 0.6 is 0 Å². The maximum Gasteiger partial charge on any atom is 0.365 e. The Labute approximate surface area is 76.8 Å². The van der Waals surface area contributed by atoms with Crippen LogP contribution in [-0.2, 0) is 0 Å². The Kier molecular flexibility index (Phi) is 5.69. The first-order chi connectivity index (χ1) is 5.64. The van der Waals surface area contributed by atoms with E-state index < -0.39 is 8.72 Å². The summed E-state index contributed by atoms with van der Waals surface area (Å²) in [4.78, 5) is 13.4. The van der Waals surface area contributed by atoms with Crippen molar-refractivity contribution >= 4 is 8.72 Å². The minimum Gasteiger partial charge on any atom is -0.303 e. The lowest BCUT2D eigenvalue weighted by Crippen LogP contribution is -2.79. The van der Waals surface area contributed by atoms with Crippen LogP contribution in [0.4, 0.5) is 0 Å². The molecule has 0 radical (unpaired) electrons. The molecule has 0 amide bonds. The van der Waals surface area contributed by atoms with Gasteiger partial charge in [0.2, 0.25) is 0 Å². The predicted molar refractivity (Wildman–Crippen MR) is 55.8 cm³/mol. The summed E-state index contributed by atoms with van der Waals surface area (Å²) in [5, 5.41) is 0. The molecule has 4 nitrogen and oxygen atoms in total. The van der Waals surface area contributed by atoms with E-state index in [4.69, 9.17) is 0 Å². The number of hydrogen-bond acceptors (Lipinski definition) is 4. The summed E-state index contributed by atoms with van der Waals surface area (Å²) in [5.41, 5.74) is 0. The van der Waals surface area contributed by atoms with Crippen molar-refractivity contribution in [1.82, 2.24) is 19.9 Å². The van der Waals surface area contributed by atoms with Crippen molar-refractivity contribution in [2.45, 2.75) is 26.3 Å². The van der Waals surface area contributed by atoms with Crippen molar-refractivity contribution in [1.29, 1.82) is 0 Å². The van der Waals surface area contributed by atoms with E-state index in [1.165, 1.54) is 0 Å². The van der Waals surface area contributed by atoms with Crippen LogP contribution in [0.1, 0.15) is 20.3 Å². The van der Waals surface area contributed by atoms with E-state index >= 15 is 0 Å². The van der Waals surface area contributed by atoms with Gasteiger partial charge < -0.3 is 14.9 Å². The minimum absolute atomic E-state index is 0.531. The third kappa shape index (κ3) is 3.20. The Morgan fingerprint density at radius 2 is 1.50 bits per heavy atom. The Bertz CT molecular complexity index is 108. The van der Waals surface area contributed by atoms with Crippen molar-refractivity contribution in [3.8, 4) is 0 Å². The first-order valence-corrected chi connectivity index (χ1v) is 6.48. The van der Waals surface area contributed by atoms with Gasteiger partial charge in [-0.05, 0) is 27.6 Å². The van der Waals surface area contributed by atoms with Crippen LogP contribution in [-0.4, -0.2) is 35.9 Å². The Hall–Kier alpha value is 0.0569. The summed E-state index contributed by atoms with van der Waals surface area (Å²) in [6, 6.07) is 0.531. The zero-order chi connectivity index (χ0) is 9.61. The summed E-state index contributed by atoms with van der Waals surface area (Å²) in [6.07, 6.45) is 1.14. The van der Waals surface area contributed by atoms with Gasteiger partial charge in [-0.1, -0.05) is 13.8 Å². The lowest BCUT2D eigenvalue weighted by molar-refractivity contribution is 0.608. The Morgan fingerprint density at radius 1 is 1.08 bits per heavy atom. The second-order valence-corrected chi connectivity index (χ2v) is 6.24. The van der Waals surface area contributed by atoms with Crippen LogP contribution in [0.3, 0.4) is 0 Å². The molecular weight excluding hydrogens is 168 g/mol. The minimum atomic E-state index is -1.80. The molecule has 0 bridgehead atoms. The predicted octanol–water partition coefficient (Wildman–Crippen LogP) is -0.532. The van der Waals surface area contributed by atoms with Crippen LogP contribution in [0, 0.1) is 0 Å². The molecule has 0 saturated heterocycles. The van der Waals surface area contributed by atoms with Crippen LogP contribution in [0.15, 0.2) is 0 Å². The standard InChI is InChI=1S/C7H22N4Si/c1-6-7(2)11-12(8-3,9-4)10-5/h7-11H,6H2,1-5H3. The van der Waals surface area contributed by atoms with Crippen LogP contribution in [0.2, 0.25) is 0 Å². The highest BCUT2D eigenvalue weighted by atomic mass is 28.4. The Balaban J connectivity index is 4.09. The van der Waals surface area contributed by atoms with Gasteiger partial charge in [0.25, 0.3) is 0 Å². The van der Waals surface area contributed by atoms with E-state index in [2.05, 4.69) is 33.8 Å². The molecule has 4 N–H and O–H groups in total. The maximum absolute atomic E-state index is 3.53. The van der Waals surface area contributed by atoms with Crippen molar-refractivity contribution in [2.24, 2.45) is 0 Å². The van der Waals surface area contributed by atoms with Crippen LogP contribution in [0.5, 0.6) is 0 Å². The fourth-order valence-corrected chi connectivity index (χ4v) is 3.19. The first-order valence-electron chi connectivity index (χ1n) is 4.48. The molecule has 1 unspecified atom stereocenters. The van der Waals surface area contributed by atoms with Crippen LogP contribution < -0.4 is 19.9 Å². The van der Waals surface area contributed by atoms with Gasteiger partial charge in [-0.25, -0.2) is 0 Å². The van der Waals surface area contributed by atoms with Gasteiger partial charge in [-0.15, -0.1) is 0 Å². The van der Waals surface area contributed by atoms with E-state index in [0.29, 0.717) is 6.04 Å². The fraction of sp³-hybridized carbons (Fsp3) is 1.00. The molecule has 0 aliphatic carbocycles. The normalized spacial score (nSPS) is 14.8. The molecule has 0 fully saturated rings. The highest BCUT2D eigenvalue weighted by Crippen LogP contribution is 1.90. The number of nitrogens with one attached hydrogen (secondary N) is 4. The first kappa shape index (κ1) is 12.1. The molecule has 0 aromatic rings. The lowest BCUT2D eigenvalue weighted by atomic mass is 10.3. The quantitative estimate of drug-likeness (QED) is 0.425. The Morgan fingerprint density at radius 3 is 1.75 bits per heavy atom. The highest BCUT2D eigenvalue weighted by molar-refractivity contribution is 6.69. The second-order valence-electron chi connectivity index (χ2n) is 2.95. The molecule has 0 aromatic heterocycles. The zero-order valence-corrected chi connectivity index (χ0v) is 9.78. The summed E-state index contributed by atoms with van der Waals surface area (Å²) < 4.78 is 0. The largest absolute Gasteiger partial charge is 0.365 e. The molecule has 74 valence electrons. The maximum atomic E-state index is 3.53. The smallest absolute Gasteiger partial charge is 0.303 e. The zero-order valence-electron chi connectivity index (χ0n) is 8.78. The topological polar surface area (TPSA) is 48.1 Å². The summed E-state index contributed by atoms with van der Waals surface area (Å²) in [5.74, 6) is 0. The van der Waals surface area contributed by atoms with E-state index in [9.17, 15) is 0 Å². The van der Waals surface area contributed by atoms with Gasteiger partial charge in [0.05, 0.1) is 0 Å². The average Bonchev–Trinajstić information content (AvgIpc) is 2.14.